The minimum absolute atomic E-state index is 0.310. The number of benzene rings is 2. The average molecular weight is 406 g/mol. The quantitative estimate of drug-likeness (QED) is 0.357. The fraction of sp³-hybridized carbons (Fsp3) is 0.368. The summed E-state index contributed by atoms with van der Waals surface area (Å²) in [6.45, 7) is 0. The maximum absolute atomic E-state index is 2.63. The molecule has 108 valence electrons. The van der Waals surface area contributed by atoms with E-state index < -0.39 is 0 Å². The molecule has 2 aliphatic rings. The third kappa shape index (κ3) is 2.35. The highest BCUT2D eigenvalue weighted by Crippen LogP contribution is 2.57. The molecule has 0 radical (unpaired) electrons. The van der Waals surface area contributed by atoms with Crippen LogP contribution < -0.4 is 0 Å². The normalized spacial score (nSPS) is 23.2. The Hall–Kier alpha value is -0.480. The van der Waals surface area contributed by atoms with Crippen molar-refractivity contribution in [3.8, 4) is 0 Å². The second-order valence-electron chi connectivity index (χ2n) is 6.14. The molecule has 0 amide bonds. The molecular formula is C19H19IS. The molecule has 0 saturated heterocycles. The standard InChI is InChI=1S/C19H19IS/c20-18-14-8-2-4-10-16(14)19(12-6-1-7-13-19)21-17-11-5-3-9-15(17)18/h2-5,8-11,18H,1,6-7,12-13H2. The maximum atomic E-state index is 2.63. The molecule has 1 spiro atoms. The van der Waals surface area contributed by atoms with Gasteiger partial charge in [0.25, 0.3) is 0 Å². The van der Waals surface area contributed by atoms with Crippen LogP contribution in [0.4, 0.5) is 0 Å². The van der Waals surface area contributed by atoms with E-state index in [1.54, 1.807) is 5.56 Å². The molecule has 2 heteroatoms. The first-order valence-electron chi connectivity index (χ1n) is 7.82. The molecule has 1 aliphatic heterocycles. The van der Waals surface area contributed by atoms with Crippen molar-refractivity contribution in [1.82, 2.24) is 0 Å². The van der Waals surface area contributed by atoms with Crippen molar-refractivity contribution in [2.75, 3.05) is 0 Å². The summed E-state index contributed by atoms with van der Waals surface area (Å²) in [7, 11) is 0. The van der Waals surface area contributed by atoms with E-state index in [1.165, 1.54) is 48.1 Å². The number of halogens is 1. The van der Waals surface area contributed by atoms with Gasteiger partial charge in [0.2, 0.25) is 0 Å². The van der Waals surface area contributed by atoms with Crippen molar-refractivity contribution in [1.29, 1.82) is 0 Å². The number of hydrogen-bond acceptors (Lipinski definition) is 1. The zero-order valence-electron chi connectivity index (χ0n) is 12.0. The van der Waals surface area contributed by atoms with Crippen LogP contribution in [-0.2, 0) is 4.75 Å². The summed E-state index contributed by atoms with van der Waals surface area (Å²) in [4.78, 5) is 1.50. The lowest BCUT2D eigenvalue weighted by Crippen LogP contribution is -2.25. The molecule has 0 N–H and O–H groups in total. The topological polar surface area (TPSA) is 0 Å². The second-order valence-corrected chi connectivity index (χ2v) is 8.82. The molecule has 1 unspecified atom stereocenters. The van der Waals surface area contributed by atoms with Gasteiger partial charge in [-0.2, -0.15) is 0 Å². The summed E-state index contributed by atoms with van der Waals surface area (Å²) in [5.41, 5.74) is 4.64. The van der Waals surface area contributed by atoms with Gasteiger partial charge in [0.05, 0.1) is 3.92 Å². The lowest BCUT2D eigenvalue weighted by Gasteiger charge is -2.37. The Morgan fingerprint density at radius 2 is 1.52 bits per heavy atom. The van der Waals surface area contributed by atoms with Crippen LogP contribution in [0.2, 0.25) is 0 Å². The monoisotopic (exact) mass is 406 g/mol. The van der Waals surface area contributed by atoms with Gasteiger partial charge >= 0.3 is 0 Å². The van der Waals surface area contributed by atoms with Crippen molar-refractivity contribution in [2.45, 2.75) is 45.7 Å². The Kier molecular flexibility index (Phi) is 3.78. The van der Waals surface area contributed by atoms with E-state index in [0.717, 1.165) is 0 Å². The van der Waals surface area contributed by atoms with Crippen molar-refractivity contribution in [3.05, 3.63) is 65.2 Å². The predicted octanol–water partition coefficient (Wildman–Crippen LogP) is 6.48. The number of rotatable bonds is 0. The van der Waals surface area contributed by atoms with Crippen LogP contribution in [0.15, 0.2) is 53.4 Å². The van der Waals surface area contributed by atoms with Gasteiger partial charge in [-0.1, -0.05) is 84.3 Å². The third-order valence-corrected chi connectivity index (χ3v) is 7.84. The Morgan fingerprint density at radius 3 is 2.33 bits per heavy atom. The molecule has 1 aliphatic carbocycles. The fourth-order valence-corrected chi connectivity index (χ4v) is 6.80. The van der Waals surface area contributed by atoms with E-state index >= 15 is 0 Å². The summed E-state index contributed by atoms with van der Waals surface area (Å²) >= 11 is 4.77. The molecule has 2 aromatic rings. The van der Waals surface area contributed by atoms with Crippen LogP contribution in [0.1, 0.15) is 52.7 Å². The lowest BCUT2D eigenvalue weighted by molar-refractivity contribution is 0.406. The van der Waals surface area contributed by atoms with Crippen molar-refractivity contribution in [2.24, 2.45) is 0 Å². The van der Waals surface area contributed by atoms with Gasteiger partial charge in [-0.25, -0.2) is 0 Å². The molecule has 1 saturated carbocycles. The molecule has 21 heavy (non-hydrogen) atoms. The smallest absolute Gasteiger partial charge is 0.0622 e. The zero-order valence-corrected chi connectivity index (χ0v) is 15.0. The number of thioether (sulfide) groups is 1. The Morgan fingerprint density at radius 1 is 0.857 bits per heavy atom. The second kappa shape index (κ2) is 5.62. The molecule has 0 bridgehead atoms. The number of hydrogen-bond donors (Lipinski definition) is 0. The first kappa shape index (κ1) is 14.1. The Labute approximate surface area is 144 Å². The molecule has 0 nitrogen and oxygen atoms in total. The molecule has 4 rings (SSSR count). The van der Waals surface area contributed by atoms with Crippen LogP contribution in [0, 0.1) is 0 Å². The van der Waals surface area contributed by atoms with Gasteiger partial charge in [0.1, 0.15) is 0 Å². The Balaban J connectivity index is 1.95. The highest BCUT2D eigenvalue weighted by molar-refractivity contribution is 14.1. The van der Waals surface area contributed by atoms with Crippen LogP contribution >= 0.6 is 34.4 Å². The number of fused-ring (bicyclic) bond motifs is 3. The lowest BCUT2D eigenvalue weighted by atomic mass is 9.80. The SMILES string of the molecule is IC1c2ccccc2SC2(CCCCC2)c2ccccc21. The van der Waals surface area contributed by atoms with E-state index in [-0.39, 0.29) is 0 Å². The van der Waals surface area contributed by atoms with E-state index in [1.807, 2.05) is 0 Å². The largest absolute Gasteiger partial charge is 0.114 e. The van der Waals surface area contributed by atoms with Crippen LogP contribution in [0.25, 0.3) is 0 Å². The first-order valence-corrected chi connectivity index (χ1v) is 9.88. The van der Waals surface area contributed by atoms with E-state index in [0.29, 0.717) is 8.67 Å². The molecule has 1 fully saturated rings. The van der Waals surface area contributed by atoms with Crippen LogP contribution in [0.5, 0.6) is 0 Å². The number of alkyl halides is 1. The van der Waals surface area contributed by atoms with Gasteiger partial charge in [0.15, 0.2) is 0 Å². The van der Waals surface area contributed by atoms with Gasteiger partial charge in [-0.15, -0.1) is 11.8 Å². The average Bonchev–Trinajstić information content (AvgIpc) is 2.64. The molecule has 2 aromatic carbocycles. The third-order valence-electron chi connectivity index (χ3n) is 4.88. The van der Waals surface area contributed by atoms with Crippen molar-refractivity contribution >= 4 is 34.4 Å². The molecule has 1 heterocycles. The highest BCUT2D eigenvalue weighted by Gasteiger charge is 2.40. The van der Waals surface area contributed by atoms with Crippen LogP contribution in [-0.4, -0.2) is 0 Å². The molecule has 0 aromatic heterocycles. The van der Waals surface area contributed by atoms with Crippen molar-refractivity contribution < 1.29 is 0 Å². The molecule has 1 atom stereocenters. The Bertz CT molecular complexity index is 658. The van der Waals surface area contributed by atoms with E-state index in [2.05, 4.69) is 82.9 Å². The van der Waals surface area contributed by atoms with Crippen molar-refractivity contribution in [3.63, 3.8) is 0 Å². The summed E-state index contributed by atoms with van der Waals surface area (Å²) in [5, 5.41) is 0. The van der Waals surface area contributed by atoms with Crippen LogP contribution in [0.3, 0.4) is 0 Å². The minimum Gasteiger partial charge on any atom is -0.114 e. The highest BCUT2D eigenvalue weighted by atomic mass is 127. The minimum atomic E-state index is 0.310. The van der Waals surface area contributed by atoms with E-state index in [4.69, 9.17) is 0 Å². The summed E-state index contributed by atoms with van der Waals surface area (Å²) in [6.07, 6.45) is 6.80. The van der Waals surface area contributed by atoms with E-state index in [9.17, 15) is 0 Å². The predicted molar refractivity (Wildman–Crippen MR) is 99.4 cm³/mol. The summed E-state index contributed by atoms with van der Waals surface area (Å²) in [5.74, 6) is 0. The first-order chi connectivity index (χ1) is 10.3. The van der Waals surface area contributed by atoms with Gasteiger partial charge < -0.3 is 0 Å². The summed E-state index contributed by atoms with van der Waals surface area (Å²) < 4.78 is 0.786. The zero-order chi connectivity index (χ0) is 14.3. The summed E-state index contributed by atoms with van der Waals surface area (Å²) in [6, 6.07) is 18.2. The van der Waals surface area contributed by atoms with Gasteiger partial charge in [-0.05, 0) is 35.6 Å². The molecular weight excluding hydrogens is 387 g/mol. The maximum Gasteiger partial charge on any atom is 0.0622 e. The fourth-order valence-electron chi connectivity index (χ4n) is 3.84. The van der Waals surface area contributed by atoms with Gasteiger partial charge in [0, 0.05) is 9.64 Å². The van der Waals surface area contributed by atoms with Gasteiger partial charge in [-0.3, -0.25) is 0 Å².